The molecule has 0 radical (unpaired) electrons. The Morgan fingerprint density at radius 3 is 3.00 bits per heavy atom. The number of hydrogen-bond acceptors (Lipinski definition) is 5. The van der Waals surface area contributed by atoms with E-state index in [4.69, 9.17) is 10.5 Å². The lowest BCUT2D eigenvalue weighted by atomic mass is 10.3. The molecule has 1 aliphatic carbocycles. The Hall–Kier alpha value is -0.680. The van der Waals surface area contributed by atoms with Crippen LogP contribution in [-0.2, 0) is 6.42 Å². The van der Waals surface area contributed by atoms with Crippen LogP contribution in [0.3, 0.4) is 0 Å². The van der Waals surface area contributed by atoms with Crippen molar-refractivity contribution in [2.45, 2.75) is 44.8 Å². The summed E-state index contributed by atoms with van der Waals surface area (Å²) in [6, 6.07) is 0.304. The second kappa shape index (κ2) is 4.23. The highest BCUT2D eigenvalue weighted by Crippen LogP contribution is 2.24. The lowest BCUT2D eigenvalue weighted by molar-refractivity contribution is 0.207. The van der Waals surface area contributed by atoms with Crippen LogP contribution in [0.2, 0.25) is 0 Å². The third-order valence-electron chi connectivity index (χ3n) is 2.46. The Morgan fingerprint density at radius 1 is 1.57 bits per heavy atom. The van der Waals surface area contributed by atoms with Gasteiger partial charge in [0.1, 0.15) is 11.9 Å². The molecule has 0 saturated heterocycles. The minimum absolute atomic E-state index is 0.252. The Labute approximate surface area is 87.7 Å². The molecule has 1 aromatic rings. The predicted octanol–water partition coefficient (Wildman–Crippen LogP) is 1.36. The van der Waals surface area contributed by atoms with E-state index in [-0.39, 0.29) is 6.10 Å². The van der Waals surface area contributed by atoms with Crippen LogP contribution in [0.15, 0.2) is 0 Å². The second-order valence-corrected chi connectivity index (χ2v) is 4.36. The predicted molar refractivity (Wildman–Crippen MR) is 55.5 cm³/mol. The van der Waals surface area contributed by atoms with Crippen molar-refractivity contribution < 1.29 is 4.74 Å². The molecule has 0 aliphatic heterocycles. The number of hydrogen-bond donors (Lipinski definition) is 1. The number of nitrogens with zero attached hydrogens (tertiary/aromatic N) is 2. The fourth-order valence-electron chi connectivity index (χ4n) is 1.65. The van der Waals surface area contributed by atoms with E-state index in [2.05, 4.69) is 9.36 Å². The largest absolute Gasteiger partial charge is 0.466 e. The van der Waals surface area contributed by atoms with Crippen LogP contribution in [-0.4, -0.2) is 21.5 Å². The molecule has 2 unspecified atom stereocenters. The maximum Gasteiger partial charge on any atom is 0.293 e. The smallest absolute Gasteiger partial charge is 0.293 e. The third kappa shape index (κ3) is 2.22. The molecule has 78 valence electrons. The van der Waals surface area contributed by atoms with Gasteiger partial charge in [-0.3, -0.25) is 0 Å². The van der Waals surface area contributed by atoms with Gasteiger partial charge in [0.2, 0.25) is 0 Å². The van der Waals surface area contributed by atoms with Gasteiger partial charge in [0.05, 0.1) is 0 Å². The monoisotopic (exact) mass is 213 g/mol. The van der Waals surface area contributed by atoms with Crippen LogP contribution in [0.5, 0.6) is 5.19 Å². The van der Waals surface area contributed by atoms with E-state index in [1.807, 2.05) is 6.92 Å². The summed E-state index contributed by atoms with van der Waals surface area (Å²) in [5.41, 5.74) is 5.80. The molecule has 1 fully saturated rings. The summed E-state index contributed by atoms with van der Waals surface area (Å²) < 4.78 is 9.86. The number of nitrogens with two attached hydrogens (primary N) is 1. The maximum absolute atomic E-state index is 5.80. The highest BCUT2D eigenvalue weighted by Gasteiger charge is 2.24. The Kier molecular flexibility index (Phi) is 2.98. The van der Waals surface area contributed by atoms with Crippen molar-refractivity contribution >= 4 is 11.5 Å². The van der Waals surface area contributed by atoms with E-state index in [1.165, 1.54) is 11.5 Å². The number of ether oxygens (including phenoxy) is 1. The van der Waals surface area contributed by atoms with Crippen molar-refractivity contribution in [3.8, 4) is 5.19 Å². The topological polar surface area (TPSA) is 61.0 Å². The lowest BCUT2D eigenvalue weighted by Gasteiger charge is -2.08. The van der Waals surface area contributed by atoms with Gasteiger partial charge in [-0.2, -0.15) is 9.36 Å². The lowest BCUT2D eigenvalue weighted by Crippen LogP contribution is -2.19. The van der Waals surface area contributed by atoms with Crippen molar-refractivity contribution in [1.29, 1.82) is 0 Å². The molecule has 2 atom stereocenters. The zero-order valence-corrected chi connectivity index (χ0v) is 9.09. The molecule has 5 heteroatoms. The SMILES string of the molecule is CCc1nsc(OC2CCC(N)C2)n1. The molecule has 1 heterocycles. The summed E-state index contributed by atoms with van der Waals surface area (Å²) in [4.78, 5) is 4.26. The molecule has 1 aliphatic rings. The van der Waals surface area contributed by atoms with Crippen molar-refractivity contribution in [3.63, 3.8) is 0 Å². The quantitative estimate of drug-likeness (QED) is 0.823. The highest BCUT2D eigenvalue weighted by molar-refractivity contribution is 7.07. The van der Waals surface area contributed by atoms with Crippen molar-refractivity contribution in [2.75, 3.05) is 0 Å². The average Bonchev–Trinajstić information content (AvgIpc) is 2.76. The molecule has 0 aromatic carbocycles. The molecule has 0 amide bonds. The van der Waals surface area contributed by atoms with Gasteiger partial charge in [0, 0.05) is 24.0 Å². The van der Waals surface area contributed by atoms with Crippen LogP contribution < -0.4 is 10.5 Å². The molecule has 2 rings (SSSR count). The number of aryl methyl sites for hydroxylation is 1. The summed E-state index contributed by atoms with van der Waals surface area (Å²) in [6.45, 7) is 2.04. The van der Waals surface area contributed by atoms with E-state index in [9.17, 15) is 0 Å². The molecule has 14 heavy (non-hydrogen) atoms. The van der Waals surface area contributed by atoms with Crippen LogP contribution in [0.1, 0.15) is 32.0 Å². The van der Waals surface area contributed by atoms with Gasteiger partial charge in [0.25, 0.3) is 5.19 Å². The Bertz CT molecular complexity index is 302. The van der Waals surface area contributed by atoms with Gasteiger partial charge < -0.3 is 10.5 Å². The van der Waals surface area contributed by atoms with Crippen LogP contribution in [0, 0.1) is 0 Å². The zero-order chi connectivity index (χ0) is 9.97. The summed E-state index contributed by atoms with van der Waals surface area (Å²) in [5, 5.41) is 0.695. The standard InChI is InChI=1S/C9H15N3OS/c1-2-8-11-9(14-12-8)13-7-4-3-6(10)5-7/h6-7H,2-5,10H2,1H3. The summed E-state index contributed by atoms with van der Waals surface area (Å²) in [5.74, 6) is 0.868. The van der Waals surface area contributed by atoms with Crippen molar-refractivity contribution in [1.82, 2.24) is 9.36 Å². The first-order valence-electron chi connectivity index (χ1n) is 5.02. The Balaban J connectivity index is 1.90. The fourth-order valence-corrected chi connectivity index (χ4v) is 2.33. The van der Waals surface area contributed by atoms with Gasteiger partial charge in [-0.05, 0) is 19.3 Å². The van der Waals surface area contributed by atoms with E-state index in [0.717, 1.165) is 31.5 Å². The molecule has 1 saturated carbocycles. The highest BCUT2D eigenvalue weighted by atomic mass is 32.1. The molecule has 0 bridgehead atoms. The minimum Gasteiger partial charge on any atom is -0.466 e. The molecule has 2 N–H and O–H groups in total. The average molecular weight is 213 g/mol. The first-order chi connectivity index (χ1) is 6.78. The molecule has 1 aromatic heterocycles. The van der Waals surface area contributed by atoms with Crippen molar-refractivity contribution in [3.05, 3.63) is 5.82 Å². The Morgan fingerprint density at radius 2 is 2.43 bits per heavy atom. The summed E-state index contributed by atoms with van der Waals surface area (Å²) in [6.07, 6.45) is 4.17. The normalized spacial score (nSPS) is 26.7. The summed E-state index contributed by atoms with van der Waals surface area (Å²) >= 11 is 1.34. The van der Waals surface area contributed by atoms with E-state index < -0.39 is 0 Å². The molecule has 0 spiro atoms. The van der Waals surface area contributed by atoms with Gasteiger partial charge in [-0.15, -0.1) is 0 Å². The third-order valence-corrected chi connectivity index (χ3v) is 3.10. The van der Waals surface area contributed by atoms with Crippen LogP contribution in [0.25, 0.3) is 0 Å². The van der Waals surface area contributed by atoms with Gasteiger partial charge in [0.15, 0.2) is 0 Å². The zero-order valence-electron chi connectivity index (χ0n) is 8.27. The number of aromatic nitrogens is 2. The molecular weight excluding hydrogens is 198 g/mol. The van der Waals surface area contributed by atoms with E-state index in [0.29, 0.717) is 11.2 Å². The van der Waals surface area contributed by atoms with E-state index >= 15 is 0 Å². The van der Waals surface area contributed by atoms with E-state index in [1.54, 1.807) is 0 Å². The first kappa shape index (κ1) is 9.86. The first-order valence-corrected chi connectivity index (χ1v) is 5.80. The number of rotatable bonds is 3. The molecular formula is C9H15N3OS. The van der Waals surface area contributed by atoms with Gasteiger partial charge in [-0.25, -0.2) is 0 Å². The maximum atomic E-state index is 5.80. The second-order valence-electron chi connectivity index (χ2n) is 3.64. The minimum atomic E-state index is 0.252. The molecule has 4 nitrogen and oxygen atoms in total. The van der Waals surface area contributed by atoms with Crippen LogP contribution in [0.4, 0.5) is 0 Å². The van der Waals surface area contributed by atoms with Gasteiger partial charge in [-0.1, -0.05) is 6.92 Å². The van der Waals surface area contributed by atoms with Crippen LogP contribution >= 0.6 is 11.5 Å². The fraction of sp³-hybridized carbons (Fsp3) is 0.778. The van der Waals surface area contributed by atoms with Gasteiger partial charge >= 0.3 is 0 Å². The summed E-state index contributed by atoms with van der Waals surface area (Å²) in [7, 11) is 0. The van der Waals surface area contributed by atoms with Crippen molar-refractivity contribution in [2.24, 2.45) is 5.73 Å².